The van der Waals surface area contributed by atoms with Crippen LogP contribution in [0.3, 0.4) is 0 Å². The first-order valence-corrected chi connectivity index (χ1v) is 9.88. The van der Waals surface area contributed by atoms with Gasteiger partial charge < -0.3 is 20.3 Å². The molecule has 150 valence electrons. The fraction of sp³-hybridized carbons (Fsp3) is 0.476. The molecule has 2 aromatic rings. The molecule has 3 aliphatic rings. The van der Waals surface area contributed by atoms with Gasteiger partial charge in [0.2, 0.25) is 5.43 Å². The van der Waals surface area contributed by atoms with E-state index < -0.39 is 23.6 Å². The van der Waals surface area contributed by atoms with Crippen molar-refractivity contribution in [1.29, 1.82) is 5.26 Å². The molecule has 2 aliphatic carbocycles. The average molecular weight is 396 g/mol. The maximum atomic E-state index is 14.2. The van der Waals surface area contributed by atoms with E-state index >= 15 is 0 Å². The highest BCUT2D eigenvalue weighted by Gasteiger charge is 2.50. The van der Waals surface area contributed by atoms with Crippen LogP contribution in [0.1, 0.15) is 47.6 Å². The third-order valence-corrected chi connectivity index (χ3v) is 6.68. The Balaban J connectivity index is 1.79. The number of aromatic carboxylic acids is 1. The van der Waals surface area contributed by atoms with Crippen LogP contribution in [0.25, 0.3) is 10.9 Å². The average Bonchev–Trinajstić information content (AvgIpc) is 3.56. The Hall–Kier alpha value is -2.92. The third kappa shape index (κ3) is 2.64. The molecule has 3 N–H and O–H groups in total. The molecule has 2 saturated carbocycles. The number of carbonyl (C=O) groups is 1. The van der Waals surface area contributed by atoms with Gasteiger partial charge >= 0.3 is 5.97 Å². The second-order valence-corrected chi connectivity index (χ2v) is 8.50. The summed E-state index contributed by atoms with van der Waals surface area (Å²) in [4.78, 5) is 27.1. The fourth-order valence-electron chi connectivity index (χ4n) is 4.76. The number of anilines is 1. The smallest absolute Gasteiger partial charge is 0.343 e. The summed E-state index contributed by atoms with van der Waals surface area (Å²) < 4.78 is 15.8. The summed E-state index contributed by atoms with van der Waals surface area (Å²) in [6.07, 6.45) is 1.79. The minimum Gasteiger partial charge on any atom is -0.477 e. The molecule has 3 fully saturated rings. The molecule has 3 atom stereocenters. The quantitative estimate of drug-likeness (QED) is 0.819. The third-order valence-electron chi connectivity index (χ3n) is 6.68. The van der Waals surface area contributed by atoms with E-state index in [0.29, 0.717) is 18.6 Å². The number of nitrogens with zero attached hydrogens (tertiary/aromatic N) is 3. The molecule has 1 saturated heterocycles. The Kier molecular flexibility index (Phi) is 3.77. The molecule has 8 heteroatoms. The zero-order valence-corrected chi connectivity index (χ0v) is 15.8. The van der Waals surface area contributed by atoms with Crippen LogP contribution in [-0.4, -0.2) is 40.4 Å². The van der Waals surface area contributed by atoms with E-state index in [2.05, 4.69) is 6.07 Å². The summed E-state index contributed by atoms with van der Waals surface area (Å²) in [5.41, 5.74) is 5.73. The molecule has 0 radical (unpaired) electrons. The number of carboxylic acid groups (broad SMARTS) is 1. The second kappa shape index (κ2) is 6.04. The molecular formula is C21H21FN4O3. The van der Waals surface area contributed by atoms with Crippen molar-refractivity contribution in [3.63, 3.8) is 0 Å². The van der Waals surface area contributed by atoms with Crippen LogP contribution in [0.15, 0.2) is 23.0 Å². The topological polar surface area (TPSA) is 112 Å². The lowest BCUT2D eigenvalue weighted by Gasteiger charge is -2.28. The predicted octanol–water partition coefficient (Wildman–Crippen LogP) is 2.17. The number of carboxylic acids is 1. The summed E-state index contributed by atoms with van der Waals surface area (Å²) in [5, 5.41) is 19.6. The summed E-state index contributed by atoms with van der Waals surface area (Å²) in [6, 6.07) is 6.13. The van der Waals surface area contributed by atoms with E-state index in [1.54, 1.807) is 16.7 Å². The number of hydrogen-bond acceptors (Lipinski definition) is 5. The van der Waals surface area contributed by atoms with Gasteiger partial charge in [0.05, 0.1) is 17.1 Å². The van der Waals surface area contributed by atoms with Gasteiger partial charge in [-0.2, -0.15) is 5.26 Å². The molecule has 0 amide bonds. The van der Waals surface area contributed by atoms with E-state index in [1.165, 1.54) is 6.07 Å². The first-order chi connectivity index (χ1) is 13.9. The number of halogens is 1. The van der Waals surface area contributed by atoms with Crippen molar-refractivity contribution in [2.75, 3.05) is 18.0 Å². The van der Waals surface area contributed by atoms with E-state index in [-0.39, 0.29) is 40.2 Å². The van der Waals surface area contributed by atoms with Crippen molar-refractivity contribution in [2.24, 2.45) is 11.7 Å². The highest BCUT2D eigenvalue weighted by Crippen LogP contribution is 2.48. The van der Waals surface area contributed by atoms with Crippen molar-refractivity contribution in [1.82, 2.24) is 4.57 Å². The standard InChI is InChI=1S/C21H21FN4O3/c22-14-8-15(14)26-17-11(9-23)2-1-3-13(17)18(27)16(20(28)29)19(26)25-7-4-12(10-25)21(24)5-6-21/h1-3,12,14-15H,4-8,10,24H2,(H,28,29)/t12-,14+,15-/m1/s1. The summed E-state index contributed by atoms with van der Waals surface area (Å²) >= 11 is 0. The van der Waals surface area contributed by atoms with Gasteiger partial charge in [-0.1, -0.05) is 6.07 Å². The predicted molar refractivity (Wildman–Crippen MR) is 105 cm³/mol. The molecule has 5 rings (SSSR count). The van der Waals surface area contributed by atoms with Gasteiger partial charge in [-0.3, -0.25) is 4.79 Å². The van der Waals surface area contributed by atoms with E-state index in [1.807, 2.05) is 4.90 Å². The second-order valence-electron chi connectivity index (χ2n) is 8.50. The maximum Gasteiger partial charge on any atom is 0.343 e. The summed E-state index contributed by atoms with van der Waals surface area (Å²) in [7, 11) is 0. The number of para-hydroxylation sites is 1. The van der Waals surface area contributed by atoms with Crippen LogP contribution < -0.4 is 16.1 Å². The Morgan fingerprint density at radius 1 is 1.38 bits per heavy atom. The molecular weight excluding hydrogens is 375 g/mol. The lowest BCUT2D eigenvalue weighted by atomic mass is 9.97. The molecule has 1 aromatic heterocycles. The molecule has 0 bridgehead atoms. The SMILES string of the molecule is N#Cc1cccc2c(=O)c(C(=O)O)c(N3CC[C@@H](C4(N)CC4)C3)n([C@@H]3C[C@@H]3F)c12. The van der Waals surface area contributed by atoms with Crippen molar-refractivity contribution in [2.45, 2.75) is 43.4 Å². The minimum atomic E-state index is -1.34. The van der Waals surface area contributed by atoms with E-state index in [9.17, 15) is 24.3 Å². The summed E-state index contributed by atoms with van der Waals surface area (Å²) in [5.74, 6) is -0.916. The van der Waals surface area contributed by atoms with Gasteiger partial charge in [0.15, 0.2) is 0 Å². The van der Waals surface area contributed by atoms with Crippen LogP contribution in [0.4, 0.5) is 10.2 Å². The van der Waals surface area contributed by atoms with E-state index in [4.69, 9.17) is 5.73 Å². The monoisotopic (exact) mass is 396 g/mol. The van der Waals surface area contributed by atoms with Gasteiger partial charge in [-0.15, -0.1) is 0 Å². The Morgan fingerprint density at radius 2 is 2.10 bits per heavy atom. The van der Waals surface area contributed by atoms with Crippen LogP contribution in [0, 0.1) is 17.2 Å². The molecule has 7 nitrogen and oxygen atoms in total. The molecule has 0 unspecified atom stereocenters. The Labute approximate surface area is 166 Å². The van der Waals surface area contributed by atoms with Crippen LogP contribution >= 0.6 is 0 Å². The number of nitriles is 1. The molecule has 1 aromatic carbocycles. The largest absolute Gasteiger partial charge is 0.477 e. The zero-order chi connectivity index (χ0) is 20.5. The normalized spacial score (nSPS) is 27.1. The first kappa shape index (κ1) is 18.1. The number of rotatable bonds is 4. The fourth-order valence-corrected chi connectivity index (χ4v) is 4.76. The number of benzene rings is 1. The molecule has 0 spiro atoms. The number of fused-ring (bicyclic) bond motifs is 1. The van der Waals surface area contributed by atoms with Gasteiger partial charge in [0.25, 0.3) is 0 Å². The maximum absolute atomic E-state index is 14.2. The number of hydrogen-bond donors (Lipinski definition) is 2. The van der Waals surface area contributed by atoms with Gasteiger partial charge in [0.1, 0.15) is 23.6 Å². The number of pyridine rings is 1. The van der Waals surface area contributed by atoms with Crippen molar-refractivity contribution >= 4 is 22.7 Å². The van der Waals surface area contributed by atoms with Gasteiger partial charge in [0, 0.05) is 30.4 Å². The summed E-state index contributed by atoms with van der Waals surface area (Å²) in [6.45, 7) is 1.08. The Bertz CT molecular complexity index is 1150. The van der Waals surface area contributed by atoms with Gasteiger partial charge in [-0.25, -0.2) is 9.18 Å². The van der Waals surface area contributed by atoms with Crippen LogP contribution in [-0.2, 0) is 0 Å². The minimum absolute atomic E-state index is 0.137. The lowest BCUT2D eigenvalue weighted by molar-refractivity contribution is 0.0695. The van der Waals surface area contributed by atoms with Gasteiger partial charge in [-0.05, 0) is 37.3 Å². The lowest BCUT2D eigenvalue weighted by Crippen LogP contribution is -2.36. The molecule has 1 aliphatic heterocycles. The first-order valence-electron chi connectivity index (χ1n) is 9.88. The highest BCUT2D eigenvalue weighted by atomic mass is 19.1. The highest BCUT2D eigenvalue weighted by molar-refractivity contribution is 6.00. The number of aromatic nitrogens is 1. The van der Waals surface area contributed by atoms with Crippen LogP contribution in [0.5, 0.6) is 0 Å². The van der Waals surface area contributed by atoms with E-state index in [0.717, 1.165) is 19.3 Å². The molecule has 29 heavy (non-hydrogen) atoms. The Morgan fingerprint density at radius 3 is 2.69 bits per heavy atom. The van der Waals surface area contributed by atoms with Crippen molar-refractivity contribution in [3.05, 3.63) is 39.5 Å². The van der Waals surface area contributed by atoms with Crippen molar-refractivity contribution < 1.29 is 14.3 Å². The number of nitrogens with two attached hydrogens (primary N) is 1. The van der Waals surface area contributed by atoms with Crippen molar-refractivity contribution in [3.8, 4) is 6.07 Å². The zero-order valence-electron chi connectivity index (χ0n) is 15.8. The molecule has 2 heterocycles. The number of alkyl halides is 1. The van der Waals surface area contributed by atoms with Crippen LogP contribution in [0.2, 0.25) is 0 Å².